The molecule has 0 rings (SSSR count). The normalized spacial score (nSPS) is 6.43. The van der Waals surface area contributed by atoms with Crippen molar-refractivity contribution in [1.29, 1.82) is 0 Å². The van der Waals surface area contributed by atoms with Crippen molar-refractivity contribution in [1.82, 2.24) is 0 Å². The van der Waals surface area contributed by atoms with Crippen LogP contribution >= 0.6 is 0 Å². The fourth-order valence-electron chi connectivity index (χ4n) is 0. The van der Waals surface area contributed by atoms with E-state index in [2.05, 4.69) is 6.58 Å². The number of carboxylic acid groups (broad SMARTS) is 1. The minimum absolute atomic E-state index is 0. The summed E-state index contributed by atoms with van der Waals surface area (Å²) in [4.78, 5) is 9.60. The Balaban J connectivity index is 0. The molecular formula is C4H7NaO2. The third kappa shape index (κ3) is 6.21. The van der Waals surface area contributed by atoms with Crippen LogP contribution in [-0.4, -0.2) is 40.6 Å². The van der Waals surface area contributed by atoms with Gasteiger partial charge in [0.15, 0.2) is 0 Å². The summed E-state index contributed by atoms with van der Waals surface area (Å²) < 4.78 is 0. The Kier molecular flexibility index (Phi) is 6.40. The van der Waals surface area contributed by atoms with Gasteiger partial charge >= 0.3 is 35.5 Å². The summed E-state index contributed by atoms with van der Waals surface area (Å²) in [6.07, 6.45) is 0. The van der Waals surface area contributed by atoms with E-state index in [0.29, 0.717) is 0 Å². The Morgan fingerprint density at radius 1 is 1.71 bits per heavy atom. The topological polar surface area (TPSA) is 37.3 Å². The summed E-state index contributed by atoms with van der Waals surface area (Å²) in [5.41, 5.74) is 0.176. The molecule has 0 fully saturated rings. The minimum atomic E-state index is -0.935. The second-order valence-electron chi connectivity index (χ2n) is 1.09. The van der Waals surface area contributed by atoms with Crippen LogP contribution < -0.4 is 0 Å². The third-order valence-corrected chi connectivity index (χ3v) is 0.365. The van der Waals surface area contributed by atoms with Crippen molar-refractivity contribution in [2.75, 3.05) is 0 Å². The van der Waals surface area contributed by atoms with E-state index in [1.165, 1.54) is 6.92 Å². The van der Waals surface area contributed by atoms with Crippen LogP contribution in [0.1, 0.15) is 6.92 Å². The van der Waals surface area contributed by atoms with Gasteiger partial charge in [-0.3, -0.25) is 0 Å². The van der Waals surface area contributed by atoms with E-state index < -0.39 is 5.97 Å². The number of carbonyl (C=O) groups is 1. The van der Waals surface area contributed by atoms with Crippen LogP contribution in [0.5, 0.6) is 0 Å². The molecule has 7 heavy (non-hydrogen) atoms. The van der Waals surface area contributed by atoms with E-state index in [0.717, 1.165) is 0 Å². The Morgan fingerprint density at radius 3 is 1.86 bits per heavy atom. The molecule has 0 bridgehead atoms. The summed E-state index contributed by atoms with van der Waals surface area (Å²) in [5.74, 6) is -0.935. The number of hydrogen-bond acceptors (Lipinski definition) is 1. The number of rotatable bonds is 1. The van der Waals surface area contributed by atoms with Crippen LogP contribution in [0.4, 0.5) is 0 Å². The Bertz CT molecular complexity index is 75.7. The van der Waals surface area contributed by atoms with Gasteiger partial charge in [-0.05, 0) is 6.92 Å². The van der Waals surface area contributed by atoms with E-state index in [4.69, 9.17) is 5.11 Å². The van der Waals surface area contributed by atoms with E-state index >= 15 is 0 Å². The Hall–Kier alpha value is 0.210. The van der Waals surface area contributed by atoms with Gasteiger partial charge in [0.2, 0.25) is 0 Å². The van der Waals surface area contributed by atoms with Crippen molar-refractivity contribution in [2.45, 2.75) is 6.92 Å². The van der Waals surface area contributed by atoms with Gasteiger partial charge < -0.3 is 5.11 Å². The first-order valence-electron chi connectivity index (χ1n) is 1.53. The standard InChI is InChI=1S/C4H6O2.Na.H/c1-3(2)4(5)6;;/h1H2,2H3,(H,5,6);;. The van der Waals surface area contributed by atoms with Crippen LogP contribution in [0.15, 0.2) is 12.2 Å². The van der Waals surface area contributed by atoms with E-state index in [-0.39, 0.29) is 35.1 Å². The van der Waals surface area contributed by atoms with Crippen LogP contribution in [-0.2, 0) is 4.79 Å². The number of aliphatic carboxylic acids is 1. The first kappa shape index (κ1) is 10.2. The summed E-state index contributed by atoms with van der Waals surface area (Å²) >= 11 is 0. The molecule has 3 heteroatoms. The molecule has 1 N–H and O–H groups in total. The van der Waals surface area contributed by atoms with Gasteiger partial charge in [0.25, 0.3) is 0 Å². The Labute approximate surface area is 64.5 Å². The molecule has 0 aromatic rings. The van der Waals surface area contributed by atoms with Crippen molar-refractivity contribution < 1.29 is 9.90 Å². The second kappa shape index (κ2) is 4.37. The predicted molar refractivity (Wildman–Crippen MR) is 29.6 cm³/mol. The quantitative estimate of drug-likeness (QED) is 0.381. The maximum absolute atomic E-state index is 9.60. The van der Waals surface area contributed by atoms with Crippen molar-refractivity contribution in [3.8, 4) is 0 Å². The predicted octanol–water partition coefficient (Wildman–Crippen LogP) is -0.00140. The van der Waals surface area contributed by atoms with Crippen LogP contribution in [0.3, 0.4) is 0 Å². The molecule has 0 amide bonds. The second-order valence-corrected chi connectivity index (χ2v) is 1.09. The van der Waals surface area contributed by atoms with Crippen LogP contribution in [0.25, 0.3) is 0 Å². The van der Waals surface area contributed by atoms with Crippen LogP contribution in [0.2, 0.25) is 0 Å². The van der Waals surface area contributed by atoms with Crippen molar-refractivity contribution >= 4 is 35.5 Å². The first-order chi connectivity index (χ1) is 2.64. The summed E-state index contributed by atoms with van der Waals surface area (Å²) in [5, 5.41) is 7.89. The number of hydrogen-bond donors (Lipinski definition) is 1. The van der Waals surface area contributed by atoms with Gasteiger partial charge in [-0.15, -0.1) is 0 Å². The molecule has 0 aliphatic heterocycles. The van der Waals surface area contributed by atoms with Crippen molar-refractivity contribution in [3.63, 3.8) is 0 Å². The Morgan fingerprint density at radius 2 is 1.86 bits per heavy atom. The van der Waals surface area contributed by atoms with Gasteiger partial charge in [-0.25, -0.2) is 4.79 Å². The molecule has 0 aliphatic carbocycles. The fraction of sp³-hybridized carbons (Fsp3) is 0.250. The maximum atomic E-state index is 9.60. The molecule has 0 aromatic heterocycles. The SMILES string of the molecule is C=C(C)C(=O)O.[NaH]. The third-order valence-electron chi connectivity index (χ3n) is 0.365. The number of carboxylic acids is 1. The zero-order valence-electron chi connectivity index (χ0n) is 3.56. The molecule has 2 nitrogen and oxygen atoms in total. The average Bonchev–Trinajstić information content (AvgIpc) is 1.36. The monoisotopic (exact) mass is 110 g/mol. The molecule has 0 aromatic carbocycles. The fourth-order valence-corrected chi connectivity index (χ4v) is 0. The summed E-state index contributed by atoms with van der Waals surface area (Å²) in [7, 11) is 0. The van der Waals surface area contributed by atoms with Crippen molar-refractivity contribution in [3.05, 3.63) is 12.2 Å². The zero-order valence-corrected chi connectivity index (χ0v) is 3.56. The molecule has 0 saturated carbocycles. The van der Waals surface area contributed by atoms with E-state index in [1.807, 2.05) is 0 Å². The molecule has 0 aliphatic rings. The van der Waals surface area contributed by atoms with Gasteiger partial charge in [-0.2, -0.15) is 0 Å². The van der Waals surface area contributed by atoms with Crippen molar-refractivity contribution in [2.24, 2.45) is 0 Å². The molecule has 0 spiro atoms. The summed E-state index contributed by atoms with van der Waals surface area (Å²) in [6.45, 7) is 4.60. The van der Waals surface area contributed by atoms with Gasteiger partial charge in [0.1, 0.15) is 0 Å². The molecule has 0 saturated heterocycles. The van der Waals surface area contributed by atoms with Gasteiger partial charge in [0.05, 0.1) is 0 Å². The molecule has 0 atom stereocenters. The average molecular weight is 110 g/mol. The summed E-state index contributed by atoms with van der Waals surface area (Å²) in [6, 6.07) is 0. The molecular weight excluding hydrogens is 103 g/mol. The molecule has 0 unspecified atom stereocenters. The molecule has 0 radical (unpaired) electrons. The first-order valence-corrected chi connectivity index (χ1v) is 1.53. The van der Waals surface area contributed by atoms with E-state index in [1.54, 1.807) is 0 Å². The molecule has 0 heterocycles. The zero-order chi connectivity index (χ0) is 5.15. The molecule has 36 valence electrons. The van der Waals surface area contributed by atoms with Gasteiger partial charge in [0, 0.05) is 5.57 Å². The van der Waals surface area contributed by atoms with Crippen LogP contribution in [0, 0.1) is 0 Å². The van der Waals surface area contributed by atoms with Gasteiger partial charge in [-0.1, -0.05) is 6.58 Å². The van der Waals surface area contributed by atoms with E-state index in [9.17, 15) is 4.79 Å².